The molecule has 17 heavy (non-hydrogen) atoms. The second-order valence-corrected chi connectivity index (χ2v) is 4.29. The fourth-order valence-corrected chi connectivity index (χ4v) is 1.81. The molecule has 0 bridgehead atoms. The molecule has 0 unspecified atom stereocenters. The third-order valence-corrected chi connectivity index (χ3v) is 2.88. The first kappa shape index (κ1) is 12.0. The van der Waals surface area contributed by atoms with E-state index in [0.717, 1.165) is 4.57 Å². The lowest BCUT2D eigenvalue weighted by Gasteiger charge is -2.06. The van der Waals surface area contributed by atoms with Gasteiger partial charge in [-0.25, -0.2) is 4.79 Å². The van der Waals surface area contributed by atoms with Crippen LogP contribution in [0, 0.1) is 0 Å². The van der Waals surface area contributed by atoms with E-state index < -0.39 is 5.69 Å². The lowest BCUT2D eigenvalue weighted by atomic mass is 10.2. The van der Waals surface area contributed by atoms with Crippen molar-refractivity contribution in [3.63, 3.8) is 0 Å². The van der Waals surface area contributed by atoms with E-state index in [1.807, 2.05) is 0 Å². The van der Waals surface area contributed by atoms with Gasteiger partial charge in [0.1, 0.15) is 0 Å². The molecule has 0 spiro atoms. The largest absolute Gasteiger partial charge is 0.328 e. The number of aromatic nitrogens is 2. The van der Waals surface area contributed by atoms with Crippen molar-refractivity contribution < 1.29 is 0 Å². The van der Waals surface area contributed by atoms with Gasteiger partial charge in [0.05, 0.1) is 6.54 Å². The van der Waals surface area contributed by atoms with Crippen LogP contribution >= 0.6 is 23.2 Å². The number of benzene rings is 1. The van der Waals surface area contributed by atoms with Crippen molar-refractivity contribution in [2.75, 3.05) is 0 Å². The van der Waals surface area contributed by atoms with E-state index >= 15 is 0 Å². The third-order valence-electron chi connectivity index (χ3n) is 2.28. The highest BCUT2D eigenvalue weighted by atomic mass is 35.5. The number of rotatable bonds is 2. The van der Waals surface area contributed by atoms with Gasteiger partial charge in [-0.1, -0.05) is 23.2 Å². The minimum absolute atomic E-state index is 0.0917. The Morgan fingerprint density at radius 3 is 2.65 bits per heavy atom. The highest BCUT2D eigenvalue weighted by molar-refractivity contribution is 6.33. The highest BCUT2D eigenvalue weighted by Crippen LogP contribution is 2.20. The van der Waals surface area contributed by atoms with E-state index in [2.05, 4.69) is 4.98 Å². The van der Waals surface area contributed by atoms with E-state index in [-0.39, 0.29) is 12.1 Å². The predicted molar refractivity (Wildman–Crippen MR) is 66.9 cm³/mol. The molecular formula is C11H8Cl2N2O2. The van der Waals surface area contributed by atoms with Crippen LogP contribution in [0.2, 0.25) is 10.0 Å². The number of nitrogens with one attached hydrogen (secondary N) is 1. The molecule has 2 aromatic rings. The number of aromatic amines is 1. The van der Waals surface area contributed by atoms with Crippen LogP contribution in [0.4, 0.5) is 0 Å². The van der Waals surface area contributed by atoms with Crippen LogP contribution in [0.3, 0.4) is 0 Å². The predicted octanol–water partition coefficient (Wildman–Crippen LogP) is 1.89. The van der Waals surface area contributed by atoms with Crippen LogP contribution in [-0.2, 0) is 6.54 Å². The lowest BCUT2D eigenvalue weighted by Crippen LogP contribution is -2.34. The minimum atomic E-state index is -0.478. The highest BCUT2D eigenvalue weighted by Gasteiger charge is 2.06. The first-order valence-electron chi connectivity index (χ1n) is 4.80. The van der Waals surface area contributed by atoms with Crippen LogP contribution < -0.4 is 11.2 Å². The summed E-state index contributed by atoms with van der Waals surface area (Å²) in [5, 5.41) is 0.967. The zero-order valence-electron chi connectivity index (χ0n) is 8.61. The molecule has 4 nitrogen and oxygen atoms in total. The molecule has 6 heteroatoms. The van der Waals surface area contributed by atoms with Gasteiger partial charge in [0.15, 0.2) is 0 Å². The van der Waals surface area contributed by atoms with Crippen LogP contribution in [0.5, 0.6) is 0 Å². The summed E-state index contributed by atoms with van der Waals surface area (Å²) >= 11 is 11.8. The average Bonchev–Trinajstić information content (AvgIpc) is 2.28. The number of hydrogen-bond acceptors (Lipinski definition) is 2. The van der Waals surface area contributed by atoms with Gasteiger partial charge in [-0.05, 0) is 23.8 Å². The molecule has 0 saturated carbocycles. The van der Waals surface area contributed by atoms with Gasteiger partial charge in [-0.2, -0.15) is 0 Å². The maximum atomic E-state index is 11.5. The Morgan fingerprint density at radius 1 is 1.18 bits per heavy atom. The maximum Gasteiger partial charge on any atom is 0.328 e. The van der Waals surface area contributed by atoms with Gasteiger partial charge >= 0.3 is 5.69 Å². The third kappa shape index (κ3) is 2.60. The summed E-state index contributed by atoms with van der Waals surface area (Å²) < 4.78 is 1.05. The summed E-state index contributed by atoms with van der Waals surface area (Å²) in [7, 11) is 0. The monoisotopic (exact) mass is 270 g/mol. The van der Waals surface area contributed by atoms with Crippen molar-refractivity contribution in [2.45, 2.75) is 6.54 Å². The van der Waals surface area contributed by atoms with Crippen LogP contribution in [0.15, 0.2) is 40.1 Å². The zero-order valence-corrected chi connectivity index (χ0v) is 10.1. The molecule has 88 valence electrons. The van der Waals surface area contributed by atoms with E-state index in [1.165, 1.54) is 12.3 Å². The number of H-pyrrole nitrogens is 1. The molecule has 1 heterocycles. The van der Waals surface area contributed by atoms with Crippen molar-refractivity contribution in [3.8, 4) is 0 Å². The van der Waals surface area contributed by atoms with Gasteiger partial charge in [0.25, 0.3) is 5.56 Å². The molecular weight excluding hydrogens is 263 g/mol. The molecule has 1 N–H and O–H groups in total. The van der Waals surface area contributed by atoms with Crippen molar-refractivity contribution in [1.29, 1.82) is 0 Å². The summed E-state index contributed by atoms with van der Waals surface area (Å²) in [4.78, 5) is 25.4. The summed E-state index contributed by atoms with van der Waals surface area (Å²) in [5.41, 5.74) is -0.240. The lowest BCUT2D eigenvalue weighted by molar-refractivity contribution is 0.699. The molecule has 0 aliphatic rings. The second kappa shape index (κ2) is 4.77. The molecule has 0 amide bonds. The smallest absolute Gasteiger partial charge is 0.314 e. The topological polar surface area (TPSA) is 54.9 Å². The number of nitrogens with zero attached hydrogens (tertiary/aromatic N) is 1. The van der Waals surface area contributed by atoms with E-state index in [9.17, 15) is 9.59 Å². The maximum absolute atomic E-state index is 11.5. The standard InChI is InChI=1S/C11H8Cl2N2O2/c12-8-1-2-9(13)7(5-8)6-15-10(16)3-4-14-11(15)17/h1-5H,6H2,(H,14,17). The molecule has 0 radical (unpaired) electrons. The summed E-state index contributed by atoms with van der Waals surface area (Å²) in [6.07, 6.45) is 1.31. The first-order chi connectivity index (χ1) is 8.08. The van der Waals surface area contributed by atoms with Crippen LogP contribution in [0.1, 0.15) is 5.56 Å². The quantitative estimate of drug-likeness (QED) is 0.906. The van der Waals surface area contributed by atoms with Gasteiger partial charge in [-0.15, -0.1) is 0 Å². The van der Waals surface area contributed by atoms with Crippen molar-refractivity contribution >= 4 is 23.2 Å². The van der Waals surface area contributed by atoms with Crippen molar-refractivity contribution in [2.24, 2.45) is 0 Å². The van der Waals surface area contributed by atoms with E-state index in [0.29, 0.717) is 15.6 Å². The van der Waals surface area contributed by atoms with E-state index in [4.69, 9.17) is 23.2 Å². The second-order valence-electron chi connectivity index (χ2n) is 3.44. The fraction of sp³-hybridized carbons (Fsp3) is 0.0909. The van der Waals surface area contributed by atoms with Crippen molar-refractivity contribution in [3.05, 3.63) is 66.9 Å². The minimum Gasteiger partial charge on any atom is -0.314 e. The zero-order chi connectivity index (χ0) is 12.4. The molecule has 0 atom stereocenters. The average molecular weight is 271 g/mol. The van der Waals surface area contributed by atoms with E-state index in [1.54, 1.807) is 18.2 Å². The Kier molecular flexibility index (Phi) is 3.36. The number of halogens is 2. The molecule has 1 aromatic heterocycles. The summed E-state index contributed by atoms with van der Waals surface area (Å²) in [6.45, 7) is 0.0917. The first-order valence-corrected chi connectivity index (χ1v) is 5.56. The Labute approximate surface area is 106 Å². The molecule has 0 aliphatic heterocycles. The molecule has 1 aromatic carbocycles. The normalized spacial score (nSPS) is 10.5. The fourth-order valence-electron chi connectivity index (χ4n) is 1.44. The van der Waals surface area contributed by atoms with Crippen LogP contribution in [-0.4, -0.2) is 9.55 Å². The Balaban J connectivity index is 2.48. The van der Waals surface area contributed by atoms with Crippen LogP contribution in [0.25, 0.3) is 0 Å². The molecule has 2 rings (SSSR count). The Hall–Kier alpha value is -1.52. The Morgan fingerprint density at radius 2 is 1.94 bits per heavy atom. The molecule has 0 saturated heterocycles. The van der Waals surface area contributed by atoms with Gasteiger partial charge in [-0.3, -0.25) is 9.36 Å². The SMILES string of the molecule is O=c1cc[nH]c(=O)n1Cc1cc(Cl)ccc1Cl. The molecule has 0 aliphatic carbocycles. The van der Waals surface area contributed by atoms with Gasteiger partial charge < -0.3 is 4.98 Å². The number of hydrogen-bond donors (Lipinski definition) is 1. The summed E-state index contributed by atoms with van der Waals surface area (Å²) in [6, 6.07) is 6.18. The molecule has 0 fully saturated rings. The van der Waals surface area contributed by atoms with Gasteiger partial charge in [0.2, 0.25) is 0 Å². The Bertz CT molecular complexity index is 633. The summed E-state index contributed by atoms with van der Waals surface area (Å²) in [5.74, 6) is 0. The van der Waals surface area contributed by atoms with Gasteiger partial charge in [0, 0.05) is 22.3 Å². The van der Waals surface area contributed by atoms with Crippen molar-refractivity contribution in [1.82, 2.24) is 9.55 Å².